The number of benzene rings is 1. The van der Waals surface area contributed by atoms with E-state index in [9.17, 15) is 0 Å². The van der Waals surface area contributed by atoms with E-state index in [1.54, 1.807) is 12.4 Å². The average molecular weight is 289 g/mol. The molecule has 0 unspecified atom stereocenters. The quantitative estimate of drug-likeness (QED) is 0.732. The second kappa shape index (κ2) is 6.14. The molecule has 110 valence electrons. The number of rotatable bonds is 6. The zero-order valence-corrected chi connectivity index (χ0v) is 14.5. The van der Waals surface area contributed by atoms with Crippen molar-refractivity contribution in [2.24, 2.45) is 7.05 Å². The monoisotopic (exact) mass is 289 g/mol. The van der Waals surface area contributed by atoms with Gasteiger partial charge in [0, 0.05) is 25.0 Å². The third-order valence-electron chi connectivity index (χ3n) is 4.99. The predicted octanol–water partition coefficient (Wildman–Crippen LogP) is 4.04. The Morgan fingerprint density at radius 3 is 2.25 bits per heavy atom. The molecule has 0 amide bonds. The van der Waals surface area contributed by atoms with Gasteiger partial charge in [-0.3, -0.25) is 0 Å². The summed E-state index contributed by atoms with van der Waals surface area (Å²) >= 11 is 0. The van der Waals surface area contributed by atoms with Crippen LogP contribution in [0.1, 0.15) is 26.3 Å². The van der Waals surface area contributed by atoms with E-state index in [0.29, 0.717) is 6.61 Å². The van der Waals surface area contributed by atoms with Gasteiger partial charge in [0.2, 0.25) is 0 Å². The van der Waals surface area contributed by atoms with E-state index in [2.05, 4.69) is 56.7 Å². The summed E-state index contributed by atoms with van der Waals surface area (Å²) in [6, 6.07) is 13.1. The smallest absolute Gasteiger partial charge is 0.107 e. The van der Waals surface area contributed by atoms with Crippen molar-refractivity contribution in [1.82, 2.24) is 4.57 Å². The lowest BCUT2D eigenvalue weighted by Crippen LogP contribution is -2.48. The number of nitrogens with zero attached hydrogens (tertiary/aromatic N) is 1. The minimum absolute atomic E-state index is 0.693. The molecule has 2 aromatic rings. The summed E-state index contributed by atoms with van der Waals surface area (Å²) in [7, 11) is 2.66. The molecule has 0 aliphatic heterocycles. The lowest BCUT2D eigenvalue weighted by molar-refractivity contribution is 0.185. The minimum Gasteiger partial charge on any atom is -0.380 e. The molecule has 20 heavy (non-hydrogen) atoms. The topological polar surface area (TPSA) is 14.2 Å². The van der Waals surface area contributed by atoms with Crippen LogP contribution >= 0.6 is 0 Å². The Bertz CT molecular complexity index is 576. The second-order valence-corrected chi connectivity index (χ2v) is 11.0. The lowest BCUT2D eigenvalue weighted by atomic mass is 10.2. The minimum atomic E-state index is -1.33. The van der Waals surface area contributed by atoms with Gasteiger partial charge in [0.25, 0.3) is 0 Å². The van der Waals surface area contributed by atoms with Crippen molar-refractivity contribution in [1.29, 1.82) is 0 Å². The van der Waals surface area contributed by atoms with Gasteiger partial charge in [-0.05, 0) is 29.1 Å². The third kappa shape index (κ3) is 2.45. The molecular formula is C17H27NOSi. The normalized spacial score (nSPS) is 12.2. The van der Waals surface area contributed by atoms with Crippen LogP contribution in [0, 0.1) is 0 Å². The van der Waals surface area contributed by atoms with E-state index in [0.717, 1.165) is 0 Å². The van der Waals surface area contributed by atoms with Gasteiger partial charge in [-0.1, -0.05) is 45.0 Å². The Kier molecular flexibility index (Phi) is 4.71. The summed E-state index contributed by atoms with van der Waals surface area (Å²) < 4.78 is 7.69. The molecular weight excluding hydrogens is 262 g/mol. The lowest BCUT2D eigenvalue weighted by Gasteiger charge is -2.28. The summed E-state index contributed by atoms with van der Waals surface area (Å²) in [6.45, 7) is 7.80. The summed E-state index contributed by atoms with van der Waals surface area (Å²) in [4.78, 5) is 0. The zero-order valence-electron chi connectivity index (χ0n) is 13.5. The Hall–Kier alpha value is -1.06. The molecule has 0 saturated heterocycles. The Balaban J connectivity index is 2.57. The molecule has 0 N–H and O–H groups in total. The molecule has 0 saturated carbocycles. The first-order valence-corrected chi connectivity index (χ1v) is 10.3. The van der Waals surface area contributed by atoms with Crippen molar-refractivity contribution in [2.75, 3.05) is 7.11 Å². The molecule has 1 heterocycles. The van der Waals surface area contributed by atoms with Crippen LogP contribution in [0.5, 0.6) is 0 Å². The summed E-state index contributed by atoms with van der Waals surface area (Å²) in [6.07, 6.45) is 0. The molecule has 1 aromatic heterocycles. The molecule has 1 aromatic carbocycles. The number of fused-ring (bicyclic) bond motifs is 1. The molecule has 0 aliphatic carbocycles. The van der Waals surface area contributed by atoms with Crippen LogP contribution in [0.3, 0.4) is 0 Å². The van der Waals surface area contributed by atoms with Crippen molar-refractivity contribution in [2.45, 2.75) is 45.5 Å². The number of aromatic nitrogens is 1. The maximum absolute atomic E-state index is 5.25. The number of hydrogen-bond donors (Lipinski definition) is 0. The molecule has 0 bridgehead atoms. The SMILES string of the molecule is CC[Si](CC)(CC)c1cc2cc(COC)ccc2n1C. The Morgan fingerprint density at radius 2 is 1.70 bits per heavy atom. The first kappa shape index (κ1) is 15.3. The van der Waals surface area contributed by atoms with Crippen LogP contribution in [-0.4, -0.2) is 19.8 Å². The molecule has 3 heteroatoms. The van der Waals surface area contributed by atoms with Crippen molar-refractivity contribution in [3.8, 4) is 0 Å². The highest BCUT2D eigenvalue weighted by Crippen LogP contribution is 2.24. The summed E-state index contributed by atoms with van der Waals surface area (Å²) in [5, 5.41) is 2.97. The predicted molar refractivity (Wildman–Crippen MR) is 90.5 cm³/mol. The van der Waals surface area contributed by atoms with E-state index in [1.165, 1.54) is 34.6 Å². The molecule has 0 fully saturated rings. The van der Waals surface area contributed by atoms with E-state index in [1.807, 2.05) is 0 Å². The first-order valence-electron chi connectivity index (χ1n) is 7.69. The molecule has 2 nitrogen and oxygen atoms in total. The fourth-order valence-electron chi connectivity index (χ4n) is 3.46. The van der Waals surface area contributed by atoms with Crippen molar-refractivity contribution in [3.63, 3.8) is 0 Å². The van der Waals surface area contributed by atoms with Gasteiger partial charge in [0.15, 0.2) is 0 Å². The number of methoxy groups -OCH3 is 1. The van der Waals surface area contributed by atoms with E-state index in [-0.39, 0.29) is 0 Å². The van der Waals surface area contributed by atoms with Crippen LogP contribution in [0.25, 0.3) is 10.9 Å². The molecule has 0 radical (unpaired) electrons. The highest BCUT2D eigenvalue weighted by Gasteiger charge is 2.32. The van der Waals surface area contributed by atoms with Crippen LogP contribution in [0.2, 0.25) is 18.1 Å². The van der Waals surface area contributed by atoms with Gasteiger partial charge >= 0.3 is 0 Å². The van der Waals surface area contributed by atoms with Crippen LogP contribution < -0.4 is 5.32 Å². The van der Waals surface area contributed by atoms with Crippen LogP contribution in [-0.2, 0) is 18.4 Å². The van der Waals surface area contributed by atoms with E-state index >= 15 is 0 Å². The maximum atomic E-state index is 5.25. The summed E-state index contributed by atoms with van der Waals surface area (Å²) in [5.41, 5.74) is 2.61. The largest absolute Gasteiger partial charge is 0.380 e. The highest BCUT2D eigenvalue weighted by molar-refractivity contribution is 6.91. The number of ether oxygens (including phenoxy) is 1. The van der Waals surface area contributed by atoms with Gasteiger partial charge < -0.3 is 9.30 Å². The van der Waals surface area contributed by atoms with Gasteiger partial charge in [-0.25, -0.2) is 0 Å². The Labute approximate surface area is 123 Å². The fraction of sp³-hybridized carbons (Fsp3) is 0.529. The van der Waals surface area contributed by atoms with Gasteiger partial charge in [-0.2, -0.15) is 0 Å². The standard InChI is InChI=1S/C17H27NOSi/c1-6-20(7-2,8-3)17-12-15-11-14(13-19-5)9-10-16(15)18(17)4/h9-12H,6-8,13H2,1-5H3. The van der Waals surface area contributed by atoms with E-state index in [4.69, 9.17) is 4.74 Å². The second-order valence-electron chi connectivity index (χ2n) is 5.76. The number of hydrogen-bond acceptors (Lipinski definition) is 1. The molecule has 0 atom stereocenters. The van der Waals surface area contributed by atoms with Crippen LogP contribution in [0.15, 0.2) is 24.3 Å². The zero-order chi connectivity index (χ0) is 14.8. The average Bonchev–Trinajstić information content (AvgIpc) is 2.80. The van der Waals surface area contributed by atoms with Gasteiger partial charge in [-0.15, -0.1) is 0 Å². The molecule has 2 rings (SSSR count). The Morgan fingerprint density at radius 1 is 1.05 bits per heavy atom. The maximum Gasteiger partial charge on any atom is 0.107 e. The molecule has 0 aliphatic rings. The van der Waals surface area contributed by atoms with Gasteiger partial charge in [0.05, 0.1) is 6.61 Å². The summed E-state index contributed by atoms with van der Waals surface area (Å²) in [5.74, 6) is 0. The van der Waals surface area contributed by atoms with Crippen molar-refractivity contribution < 1.29 is 4.74 Å². The van der Waals surface area contributed by atoms with Crippen molar-refractivity contribution in [3.05, 3.63) is 29.8 Å². The van der Waals surface area contributed by atoms with Crippen LogP contribution in [0.4, 0.5) is 0 Å². The van der Waals surface area contributed by atoms with Crippen molar-refractivity contribution >= 4 is 24.3 Å². The first-order chi connectivity index (χ1) is 9.61. The highest BCUT2D eigenvalue weighted by atomic mass is 28.3. The van der Waals surface area contributed by atoms with E-state index < -0.39 is 8.07 Å². The number of aryl methyl sites for hydroxylation is 1. The van der Waals surface area contributed by atoms with Gasteiger partial charge in [0.1, 0.15) is 8.07 Å². The molecule has 0 spiro atoms. The fourth-order valence-corrected chi connectivity index (χ4v) is 7.34. The third-order valence-corrected chi connectivity index (χ3v) is 10.6.